The van der Waals surface area contributed by atoms with Gasteiger partial charge in [-0.15, -0.1) is 0 Å². The fraction of sp³-hybridized carbons (Fsp3) is 0.364. The monoisotopic (exact) mass is 323 g/mol. The van der Waals surface area contributed by atoms with Gasteiger partial charge in [0, 0.05) is 4.47 Å². The van der Waals surface area contributed by atoms with E-state index in [4.69, 9.17) is 0 Å². The fourth-order valence-electron chi connectivity index (χ4n) is 1.89. The highest BCUT2D eigenvalue weighted by Gasteiger charge is 2.38. The maximum atomic E-state index is 12.9. The second-order valence-corrected chi connectivity index (χ2v) is 4.94. The molecule has 0 aromatic heterocycles. The normalized spacial score (nSPS) is 20.6. The first-order valence-corrected chi connectivity index (χ1v) is 5.93. The van der Waals surface area contributed by atoms with Gasteiger partial charge in [0.25, 0.3) is 0 Å². The van der Waals surface area contributed by atoms with Gasteiger partial charge in [0.15, 0.2) is 0 Å². The topological polar surface area (TPSA) is 40.5 Å². The molecule has 1 aliphatic rings. The van der Waals surface area contributed by atoms with Crippen LogP contribution in [-0.4, -0.2) is 23.7 Å². The Kier molecular flexibility index (Phi) is 3.37. The SMILES string of the molecule is O=C1CC(O)CN1c1ccc(Br)cc1C(F)(F)F. The predicted octanol–water partition coefficient (Wildman–Crippen LogP) is 2.57. The second-order valence-electron chi connectivity index (χ2n) is 4.02. The zero-order valence-electron chi connectivity index (χ0n) is 9.04. The van der Waals surface area contributed by atoms with Gasteiger partial charge in [-0.25, -0.2) is 0 Å². The van der Waals surface area contributed by atoms with Gasteiger partial charge in [-0.3, -0.25) is 4.79 Å². The summed E-state index contributed by atoms with van der Waals surface area (Å²) in [6.45, 7) is -0.108. The van der Waals surface area contributed by atoms with Crippen LogP contribution in [-0.2, 0) is 11.0 Å². The summed E-state index contributed by atoms with van der Waals surface area (Å²) in [5.74, 6) is -0.504. The zero-order chi connectivity index (χ0) is 13.5. The van der Waals surface area contributed by atoms with Crippen LogP contribution in [0, 0.1) is 0 Å². The van der Waals surface area contributed by atoms with Crippen molar-refractivity contribution < 1.29 is 23.1 Å². The van der Waals surface area contributed by atoms with Crippen LogP contribution in [0.5, 0.6) is 0 Å². The Hall–Kier alpha value is -1.08. The van der Waals surface area contributed by atoms with Crippen molar-refractivity contribution in [3.05, 3.63) is 28.2 Å². The number of carbonyl (C=O) groups is 1. The minimum atomic E-state index is -4.55. The highest BCUT2D eigenvalue weighted by atomic mass is 79.9. The second kappa shape index (κ2) is 4.55. The van der Waals surface area contributed by atoms with Crippen molar-refractivity contribution >= 4 is 27.5 Å². The van der Waals surface area contributed by atoms with Crippen LogP contribution in [0.15, 0.2) is 22.7 Å². The van der Waals surface area contributed by atoms with E-state index < -0.39 is 23.8 Å². The Balaban J connectivity index is 2.48. The molecule has 1 atom stereocenters. The van der Waals surface area contributed by atoms with Gasteiger partial charge in [0.2, 0.25) is 5.91 Å². The van der Waals surface area contributed by atoms with Gasteiger partial charge >= 0.3 is 6.18 Å². The molecule has 7 heteroatoms. The van der Waals surface area contributed by atoms with Gasteiger partial charge in [-0.2, -0.15) is 13.2 Å². The van der Waals surface area contributed by atoms with E-state index >= 15 is 0 Å². The van der Waals surface area contributed by atoms with E-state index in [0.717, 1.165) is 11.0 Å². The molecule has 1 N–H and O–H groups in total. The van der Waals surface area contributed by atoms with E-state index in [1.54, 1.807) is 0 Å². The highest BCUT2D eigenvalue weighted by molar-refractivity contribution is 9.10. The molecule has 1 aromatic carbocycles. The van der Waals surface area contributed by atoms with E-state index in [1.807, 2.05) is 0 Å². The molecule has 0 spiro atoms. The first kappa shape index (κ1) is 13.4. The summed E-state index contributed by atoms with van der Waals surface area (Å²) in [4.78, 5) is 12.5. The minimum Gasteiger partial charge on any atom is -0.391 e. The van der Waals surface area contributed by atoms with Crippen molar-refractivity contribution in [3.63, 3.8) is 0 Å². The zero-order valence-corrected chi connectivity index (χ0v) is 10.6. The van der Waals surface area contributed by atoms with Gasteiger partial charge < -0.3 is 10.0 Å². The number of halogens is 4. The molecule has 1 amide bonds. The van der Waals surface area contributed by atoms with E-state index in [2.05, 4.69) is 15.9 Å². The van der Waals surface area contributed by atoms with Crippen molar-refractivity contribution in [2.24, 2.45) is 0 Å². The third-order valence-corrected chi connectivity index (χ3v) is 3.15. The summed E-state index contributed by atoms with van der Waals surface area (Å²) >= 11 is 2.97. The van der Waals surface area contributed by atoms with Crippen molar-refractivity contribution in [2.45, 2.75) is 18.7 Å². The Labute approximate surface area is 109 Å². The van der Waals surface area contributed by atoms with Crippen molar-refractivity contribution in [1.82, 2.24) is 0 Å². The number of rotatable bonds is 1. The van der Waals surface area contributed by atoms with Crippen molar-refractivity contribution in [2.75, 3.05) is 11.4 Å². The molecule has 1 fully saturated rings. The number of alkyl halides is 3. The molecule has 1 aromatic rings. The lowest BCUT2D eigenvalue weighted by atomic mass is 10.1. The van der Waals surface area contributed by atoms with E-state index in [0.29, 0.717) is 0 Å². The molecule has 0 aliphatic carbocycles. The number of hydrogen-bond acceptors (Lipinski definition) is 2. The molecule has 3 nitrogen and oxygen atoms in total. The number of carbonyl (C=O) groups excluding carboxylic acids is 1. The lowest BCUT2D eigenvalue weighted by Crippen LogP contribution is -2.27. The van der Waals surface area contributed by atoms with Gasteiger partial charge in [-0.05, 0) is 18.2 Å². The summed E-state index contributed by atoms with van der Waals surface area (Å²) in [7, 11) is 0. The molecule has 1 unspecified atom stereocenters. The third-order valence-electron chi connectivity index (χ3n) is 2.66. The molecular formula is C11H9BrF3NO2. The summed E-state index contributed by atoms with van der Waals surface area (Å²) in [6.07, 6.45) is -5.61. The number of nitrogens with zero attached hydrogens (tertiary/aromatic N) is 1. The summed E-state index contributed by atoms with van der Waals surface area (Å²) in [6, 6.07) is 3.58. The van der Waals surface area contributed by atoms with Crippen LogP contribution >= 0.6 is 15.9 Å². The van der Waals surface area contributed by atoms with Crippen LogP contribution in [0.2, 0.25) is 0 Å². The van der Waals surface area contributed by atoms with E-state index in [-0.39, 0.29) is 23.1 Å². The van der Waals surface area contributed by atoms with Gasteiger partial charge in [0.05, 0.1) is 30.3 Å². The quantitative estimate of drug-likeness (QED) is 0.863. The average molecular weight is 324 g/mol. The molecule has 0 radical (unpaired) electrons. The number of anilines is 1. The number of aliphatic hydroxyl groups is 1. The Morgan fingerprint density at radius 3 is 2.56 bits per heavy atom. The number of β-amino-alcohol motifs (C(OH)–C–C–N with tert-alkyl or cyclic N) is 1. The van der Waals surface area contributed by atoms with Crippen LogP contribution < -0.4 is 4.90 Å². The van der Waals surface area contributed by atoms with Crippen LogP contribution in [0.25, 0.3) is 0 Å². The third kappa shape index (κ3) is 2.51. The first-order valence-electron chi connectivity index (χ1n) is 5.14. The van der Waals surface area contributed by atoms with Gasteiger partial charge in [-0.1, -0.05) is 15.9 Å². The van der Waals surface area contributed by atoms with Crippen LogP contribution in [0.3, 0.4) is 0 Å². The van der Waals surface area contributed by atoms with Crippen LogP contribution in [0.4, 0.5) is 18.9 Å². The molecule has 2 rings (SSSR count). The molecule has 0 bridgehead atoms. The summed E-state index contributed by atoms with van der Waals surface area (Å²) in [5, 5.41) is 9.33. The van der Waals surface area contributed by atoms with Crippen molar-refractivity contribution in [3.8, 4) is 0 Å². The van der Waals surface area contributed by atoms with E-state index in [9.17, 15) is 23.1 Å². The van der Waals surface area contributed by atoms with Gasteiger partial charge in [0.1, 0.15) is 0 Å². The number of benzene rings is 1. The molecule has 1 aliphatic heterocycles. The molecule has 18 heavy (non-hydrogen) atoms. The van der Waals surface area contributed by atoms with Crippen LogP contribution in [0.1, 0.15) is 12.0 Å². The number of hydrogen-bond donors (Lipinski definition) is 1. The maximum absolute atomic E-state index is 12.9. The standard InChI is InChI=1S/C11H9BrF3NO2/c12-6-1-2-9(8(3-6)11(13,14)15)16-5-7(17)4-10(16)18/h1-3,7,17H,4-5H2. The Bertz CT molecular complexity index is 490. The molecule has 1 saturated heterocycles. The Morgan fingerprint density at radius 1 is 1.39 bits per heavy atom. The molecule has 0 saturated carbocycles. The molecule has 1 heterocycles. The highest BCUT2D eigenvalue weighted by Crippen LogP contribution is 2.39. The number of aliphatic hydroxyl groups excluding tert-OH is 1. The molecule has 98 valence electrons. The Morgan fingerprint density at radius 2 is 2.06 bits per heavy atom. The minimum absolute atomic E-state index is 0.108. The lowest BCUT2D eigenvalue weighted by molar-refractivity contribution is -0.137. The molecular weight excluding hydrogens is 315 g/mol. The maximum Gasteiger partial charge on any atom is 0.418 e. The fourth-order valence-corrected chi connectivity index (χ4v) is 2.25. The predicted molar refractivity (Wildman–Crippen MR) is 62.1 cm³/mol. The summed E-state index contributed by atoms with van der Waals surface area (Å²) < 4.78 is 38.9. The first-order chi connectivity index (χ1) is 8.29. The van der Waals surface area contributed by atoms with E-state index in [1.165, 1.54) is 12.1 Å². The smallest absolute Gasteiger partial charge is 0.391 e. The lowest BCUT2D eigenvalue weighted by Gasteiger charge is -2.21. The van der Waals surface area contributed by atoms with Crippen molar-refractivity contribution in [1.29, 1.82) is 0 Å². The average Bonchev–Trinajstić information content (AvgIpc) is 2.56. The largest absolute Gasteiger partial charge is 0.418 e. The summed E-state index contributed by atoms with van der Waals surface area (Å²) in [5.41, 5.74) is -1.11. The number of amides is 1.